The fourth-order valence-corrected chi connectivity index (χ4v) is 4.51. The molecular weight excluding hydrogens is 464 g/mol. The molecule has 1 aliphatic heterocycles. The summed E-state index contributed by atoms with van der Waals surface area (Å²) in [5.74, 6) is -0.273. The first-order valence-electron chi connectivity index (χ1n) is 12.7. The number of rotatable bonds is 8. The molecule has 1 atom stereocenters. The summed E-state index contributed by atoms with van der Waals surface area (Å²) in [4.78, 5) is 42.5. The minimum absolute atomic E-state index is 0.0123. The van der Waals surface area contributed by atoms with Gasteiger partial charge in [0.05, 0.1) is 19.0 Å². The number of aryl methyl sites for hydroxylation is 1. The molecule has 1 aliphatic rings. The highest BCUT2D eigenvalue weighted by Crippen LogP contribution is 2.20. The van der Waals surface area contributed by atoms with Crippen LogP contribution >= 0.6 is 0 Å². The smallest absolute Gasteiger partial charge is 0.251 e. The third kappa shape index (κ3) is 7.05. The minimum atomic E-state index is -0.428. The highest BCUT2D eigenvalue weighted by atomic mass is 16.2. The summed E-state index contributed by atoms with van der Waals surface area (Å²) in [6.07, 6.45) is 0.176. The van der Waals surface area contributed by atoms with Crippen molar-refractivity contribution in [2.45, 2.75) is 26.3 Å². The van der Waals surface area contributed by atoms with Gasteiger partial charge in [0, 0.05) is 37.4 Å². The molecule has 1 saturated heterocycles. The first kappa shape index (κ1) is 26.1. The van der Waals surface area contributed by atoms with Crippen molar-refractivity contribution in [1.29, 1.82) is 0 Å². The van der Waals surface area contributed by atoms with Gasteiger partial charge in [-0.1, -0.05) is 60.7 Å². The van der Waals surface area contributed by atoms with Crippen molar-refractivity contribution in [2.75, 3.05) is 38.0 Å². The molecule has 1 unspecified atom stereocenters. The highest BCUT2D eigenvalue weighted by molar-refractivity contribution is 5.95. The fourth-order valence-electron chi connectivity index (χ4n) is 4.51. The molecule has 192 valence electrons. The molecular formula is C30H34N4O3. The van der Waals surface area contributed by atoms with Crippen LogP contribution in [-0.4, -0.2) is 60.2 Å². The number of carbonyl (C=O) groups is 3. The number of nitrogens with one attached hydrogen (secondary N) is 2. The second-order valence-corrected chi connectivity index (χ2v) is 9.46. The third-order valence-corrected chi connectivity index (χ3v) is 6.89. The minimum Gasteiger partial charge on any atom is -0.345 e. The third-order valence-electron chi connectivity index (χ3n) is 6.89. The van der Waals surface area contributed by atoms with Gasteiger partial charge in [-0.05, 0) is 48.7 Å². The predicted octanol–water partition coefficient (Wildman–Crippen LogP) is 3.95. The van der Waals surface area contributed by atoms with Crippen LogP contribution in [0.25, 0.3) is 0 Å². The zero-order valence-electron chi connectivity index (χ0n) is 21.4. The number of hydrogen-bond acceptors (Lipinski definition) is 4. The Morgan fingerprint density at radius 3 is 2.14 bits per heavy atom. The molecule has 2 N–H and O–H groups in total. The molecule has 3 aromatic rings. The average Bonchev–Trinajstić information content (AvgIpc) is 2.92. The number of nitrogens with zero attached hydrogens (tertiary/aromatic N) is 2. The van der Waals surface area contributed by atoms with Gasteiger partial charge in [-0.3, -0.25) is 19.3 Å². The van der Waals surface area contributed by atoms with Crippen molar-refractivity contribution in [2.24, 2.45) is 0 Å². The maximum atomic E-state index is 13.2. The molecule has 1 heterocycles. The van der Waals surface area contributed by atoms with Gasteiger partial charge >= 0.3 is 0 Å². The van der Waals surface area contributed by atoms with Crippen molar-refractivity contribution < 1.29 is 14.4 Å². The number of benzene rings is 3. The highest BCUT2D eigenvalue weighted by Gasteiger charge is 2.26. The van der Waals surface area contributed by atoms with E-state index in [9.17, 15) is 14.4 Å². The van der Waals surface area contributed by atoms with Crippen LogP contribution in [-0.2, 0) is 9.59 Å². The van der Waals surface area contributed by atoms with Gasteiger partial charge in [-0.2, -0.15) is 0 Å². The van der Waals surface area contributed by atoms with Crippen LogP contribution in [0.2, 0.25) is 0 Å². The molecule has 0 radical (unpaired) electrons. The predicted molar refractivity (Wildman–Crippen MR) is 145 cm³/mol. The molecule has 1 fully saturated rings. The van der Waals surface area contributed by atoms with Gasteiger partial charge in [-0.25, -0.2) is 0 Å². The Bertz CT molecular complexity index is 1220. The Morgan fingerprint density at radius 2 is 1.46 bits per heavy atom. The summed E-state index contributed by atoms with van der Waals surface area (Å²) >= 11 is 0. The molecule has 0 aromatic heterocycles. The molecule has 0 aliphatic carbocycles. The first-order chi connectivity index (χ1) is 17.9. The molecule has 0 spiro atoms. The number of carbonyl (C=O) groups excluding carboxylic acids is 3. The summed E-state index contributed by atoms with van der Waals surface area (Å²) in [6, 6.07) is 24.0. The van der Waals surface area contributed by atoms with E-state index in [-0.39, 0.29) is 30.7 Å². The summed E-state index contributed by atoms with van der Waals surface area (Å²) < 4.78 is 0. The van der Waals surface area contributed by atoms with E-state index in [1.54, 1.807) is 12.1 Å². The van der Waals surface area contributed by atoms with E-state index in [0.29, 0.717) is 31.7 Å². The van der Waals surface area contributed by atoms with Crippen LogP contribution < -0.4 is 10.6 Å². The van der Waals surface area contributed by atoms with E-state index in [1.165, 1.54) is 0 Å². The second-order valence-electron chi connectivity index (χ2n) is 9.46. The molecule has 7 nitrogen and oxygen atoms in total. The van der Waals surface area contributed by atoms with Crippen molar-refractivity contribution in [3.8, 4) is 0 Å². The zero-order chi connectivity index (χ0) is 26.2. The van der Waals surface area contributed by atoms with Crippen molar-refractivity contribution in [3.63, 3.8) is 0 Å². The van der Waals surface area contributed by atoms with Crippen LogP contribution in [0.4, 0.5) is 5.69 Å². The second kappa shape index (κ2) is 12.3. The Hall–Kier alpha value is -3.97. The Labute approximate surface area is 218 Å². The molecule has 0 bridgehead atoms. The largest absolute Gasteiger partial charge is 0.345 e. The van der Waals surface area contributed by atoms with E-state index < -0.39 is 6.04 Å². The quantitative estimate of drug-likeness (QED) is 0.493. The monoisotopic (exact) mass is 498 g/mol. The Balaban J connectivity index is 1.31. The molecule has 7 heteroatoms. The van der Waals surface area contributed by atoms with Gasteiger partial charge < -0.3 is 15.5 Å². The van der Waals surface area contributed by atoms with E-state index >= 15 is 0 Å². The molecule has 4 rings (SSSR count). The van der Waals surface area contributed by atoms with E-state index in [2.05, 4.69) is 15.5 Å². The normalized spacial score (nSPS) is 14.6. The van der Waals surface area contributed by atoms with Crippen molar-refractivity contribution in [1.82, 2.24) is 15.1 Å². The summed E-state index contributed by atoms with van der Waals surface area (Å²) in [6.45, 7) is 6.65. The average molecular weight is 499 g/mol. The summed E-state index contributed by atoms with van der Waals surface area (Å²) in [5.41, 5.74) is 4.49. The first-order valence-corrected chi connectivity index (χ1v) is 12.7. The fraction of sp³-hybridized carbons (Fsp3) is 0.300. The number of amides is 3. The zero-order valence-corrected chi connectivity index (χ0v) is 21.4. The molecule has 3 amide bonds. The van der Waals surface area contributed by atoms with Crippen molar-refractivity contribution >= 4 is 23.4 Å². The van der Waals surface area contributed by atoms with E-state index in [0.717, 1.165) is 22.4 Å². The van der Waals surface area contributed by atoms with E-state index in [4.69, 9.17) is 0 Å². The maximum Gasteiger partial charge on any atom is 0.251 e. The van der Waals surface area contributed by atoms with Crippen molar-refractivity contribution in [3.05, 3.63) is 101 Å². The SMILES string of the molecule is Cc1cccc(NC(=O)CN2CCN(C(=O)CC(NC(=O)c3ccccc3)c3ccccc3)CC2)c1C. The standard InChI is InChI=1S/C30H34N4O3/c1-22-10-9-15-26(23(22)2)31-28(35)21-33-16-18-34(19-17-33)29(36)20-27(24-11-5-3-6-12-24)32-30(37)25-13-7-4-8-14-25/h3-15,27H,16-21H2,1-2H3,(H,31,35)(H,32,37). The lowest BCUT2D eigenvalue weighted by Gasteiger charge is -2.35. The van der Waals surface area contributed by atoms with Gasteiger partial charge in [0.25, 0.3) is 5.91 Å². The number of hydrogen-bond donors (Lipinski definition) is 2. The number of piperazine rings is 1. The van der Waals surface area contributed by atoms with Gasteiger partial charge in [0.2, 0.25) is 11.8 Å². The molecule has 3 aromatic carbocycles. The lowest BCUT2D eigenvalue weighted by Crippen LogP contribution is -2.51. The van der Waals surface area contributed by atoms with Crippen LogP contribution in [0.1, 0.15) is 39.5 Å². The lowest BCUT2D eigenvalue weighted by atomic mass is 10.0. The van der Waals surface area contributed by atoms with E-state index in [1.807, 2.05) is 85.5 Å². The maximum absolute atomic E-state index is 13.2. The van der Waals surface area contributed by atoms with Crippen LogP contribution in [0.15, 0.2) is 78.9 Å². The summed E-state index contributed by atoms with van der Waals surface area (Å²) in [5, 5.41) is 6.04. The Kier molecular flexibility index (Phi) is 8.69. The summed E-state index contributed by atoms with van der Waals surface area (Å²) in [7, 11) is 0. The molecule has 0 saturated carbocycles. The van der Waals surface area contributed by atoms with Gasteiger partial charge in [0.15, 0.2) is 0 Å². The van der Waals surface area contributed by atoms with Gasteiger partial charge in [-0.15, -0.1) is 0 Å². The topological polar surface area (TPSA) is 81.8 Å². The van der Waals surface area contributed by atoms with Gasteiger partial charge in [0.1, 0.15) is 0 Å². The van der Waals surface area contributed by atoms with Crippen LogP contribution in [0, 0.1) is 13.8 Å². The lowest BCUT2D eigenvalue weighted by molar-refractivity contribution is -0.133. The Morgan fingerprint density at radius 1 is 0.811 bits per heavy atom. The van der Waals surface area contributed by atoms with Crippen LogP contribution in [0.3, 0.4) is 0 Å². The van der Waals surface area contributed by atoms with Crippen LogP contribution in [0.5, 0.6) is 0 Å². The molecule has 37 heavy (non-hydrogen) atoms. The number of anilines is 1.